The summed E-state index contributed by atoms with van der Waals surface area (Å²) in [5.74, 6) is 0.948. The van der Waals surface area contributed by atoms with Crippen LogP contribution >= 0.6 is 0 Å². The Morgan fingerprint density at radius 2 is 2.21 bits per heavy atom. The molecule has 0 saturated carbocycles. The fourth-order valence-corrected chi connectivity index (χ4v) is 2.09. The van der Waals surface area contributed by atoms with E-state index in [0.717, 1.165) is 31.7 Å². The molecule has 1 unspecified atom stereocenters. The summed E-state index contributed by atoms with van der Waals surface area (Å²) in [4.78, 5) is 0. The SMILES string of the molecule is CC(C)(C)NCc1cccc(OC2CCCOC2)c1. The zero-order valence-electron chi connectivity index (χ0n) is 12.2. The van der Waals surface area contributed by atoms with Crippen molar-refractivity contribution in [3.8, 4) is 5.75 Å². The van der Waals surface area contributed by atoms with Crippen molar-refractivity contribution in [3.05, 3.63) is 29.8 Å². The smallest absolute Gasteiger partial charge is 0.122 e. The van der Waals surface area contributed by atoms with Gasteiger partial charge in [0.1, 0.15) is 11.9 Å². The van der Waals surface area contributed by atoms with Crippen LogP contribution in [-0.2, 0) is 11.3 Å². The van der Waals surface area contributed by atoms with Gasteiger partial charge in [-0.25, -0.2) is 0 Å². The minimum Gasteiger partial charge on any atom is -0.488 e. The molecule has 1 N–H and O–H groups in total. The van der Waals surface area contributed by atoms with Crippen LogP contribution in [0, 0.1) is 0 Å². The topological polar surface area (TPSA) is 30.5 Å². The van der Waals surface area contributed by atoms with Crippen LogP contribution in [0.4, 0.5) is 0 Å². The number of benzene rings is 1. The molecular weight excluding hydrogens is 238 g/mol. The Morgan fingerprint density at radius 3 is 2.89 bits per heavy atom. The van der Waals surface area contributed by atoms with Crippen molar-refractivity contribution in [1.29, 1.82) is 0 Å². The molecule has 106 valence electrons. The summed E-state index contributed by atoms with van der Waals surface area (Å²) >= 11 is 0. The minimum absolute atomic E-state index is 0.133. The highest BCUT2D eigenvalue weighted by atomic mass is 16.5. The first kappa shape index (κ1) is 14.4. The predicted octanol–water partition coefficient (Wildman–Crippen LogP) is 3.13. The monoisotopic (exact) mass is 263 g/mol. The summed E-state index contributed by atoms with van der Waals surface area (Å²) in [5.41, 5.74) is 1.39. The molecule has 0 spiro atoms. The lowest BCUT2D eigenvalue weighted by Gasteiger charge is -2.24. The lowest BCUT2D eigenvalue weighted by Crippen LogP contribution is -2.35. The molecule has 1 aliphatic rings. The number of rotatable bonds is 4. The predicted molar refractivity (Wildman–Crippen MR) is 77.5 cm³/mol. The molecule has 1 atom stereocenters. The second-order valence-corrected chi connectivity index (χ2v) is 6.21. The van der Waals surface area contributed by atoms with Crippen molar-refractivity contribution in [2.75, 3.05) is 13.2 Å². The standard InChI is InChI=1S/C16H25NO2/c1-16(2,3)17-11-13-6-4-7-14(10-13)19-15-8-5-9-18-12-15/h4,6-7,10,15,17H,5,8-9,11-12H2,1-3H3. The third kappa shape index (κ3) is 5.21. The van der Waals surface area contributed by atoms with Gasteiger partial charge in [-0.2, -0.15) is 0 Å². The van der Waals surface area contributed by atoms with Crippen LogP contribution in [0.2, 0.25) is 0 Å². The normalized spacial score (nSPS) is 20.3. The van der Waals surface area contributed by atoms with Crippen LogP contribution in [-0.4, -0.2) is 24.9 Å². The molecule has 19 heavy (non-hydrogen) atoms. The van der Waals surface area contributed by atoms with E-state index in [-0.39, 0.29) is 11.6 Å². The van der Waals surface area contributed by atoms with E-state index in [1.165, 1.54) is 5.56 Å². The van der Waals surface area contributed by atoms with Crippen LogP contribution in [0.5, 0.6) is 5.75 Å². The largest absolute Gasteiger partial charge is 0.488 e. The lowest BCUT2D eigenvalue weighted by atomic mass is 10.1. The van der Waals surface area contributed by atoms with Gasteiger partial charge in [0.05, 0.1) is 6.61 Å². The Hall–Kier alpha value is -1.06. The molecule has 1 fully saturated rings. The first-order chi connectivity index (χ1) is 9.03. The molecule has 0 aromatic heterocycles. The summed E-state index contributed by atoms with van der Waals surface area (Å²) in [6.45, 7) is 8.97. The second-order valence-electron chi connectivity index (χ2n) is 6.21. The van der Waals surface area contributed by atoms with E-state index >= 15 is 0 Å². The van der Waals surface area contributed by atoms with Gasteiger partial charge < -0.3 is 14.8 Å². The summed E-state index contributed by atoms with van der Waals surface area (Å²) in [6.07, 6.45) is 2.39. The zero-order chi connectivity index (χ0) is 13.7. The van der Waals surface area contributed by atoms with E-state index in [1.54, 1.807) is 0 Å². The van der Waals surface area contributed by atoms with Crippen molar-refractivity contribution in [1.82, 2.24) is 5.32 Å². The Kier molecular flexibility index (Phi) is 4.83. The van der Waals surface area contributed by atoms with Gasteiger partial charge in [0.15, 0.2) is 0 Å². The zero-order valence-corrected chi connectivity index (χ0v) is 12.2. The van der Waals surface area contributed by atoms with Crippen LogP contribution < -0.4 is 10.1 Å². The highest BCUT2D eigenvalue weighted by Crippen LogP contribution is 2.19. The van der Waals surface area contributed by atoms with Crippen molar-refractivity contribution >= 4 is 0 Å². The maximum atomic E-state index is 5.98. The maximum absolute atomic E-state index is 5.98. The van der Waals surface area contributed by atoms with Gasteiger partial charge in [-0.15, -0.1) is 0 Å². The molecule has 0 amide bonds. The maximum Gasteiger partial charge on any atom is 0.122 e. The molecule has 1 aromatic rings. The summed E-state index contributed by atoms with van der Waals surface area (Å²) in [5, 5.41) is 3.49. The molecule has 0 bridgehead atoms. The van der Waals surface area contributed by atoms with Gasteiger partial charge in [0.2, 0.25) is 0 Å². The van der Waals surface area contributed by atoms with E-state index in [1.807, 2.05) is 6.07 Å². The highest BCUT2D eigenvalue weighted by molar-refractivity contribution is 5.28. The van der Waals surface area contributed by atoms with E-state index < -0.39 is 0 Å². The molecule has 3 heteroatoms. The van der Waals surface area contributed by atoms with Crippen LogP contribution in [0.3, 0.4) is 0 Å². The average Bonchev–Trinajstić information content (AvgIpc) is 2.37. The van der Waals surface area contributed by atoms with E-state index in [2.05, 4.69) is 44.3 Å². The molecule has 0 radical (unpaired) electrons. The number of hydrogen-bond acceptors (Lipinski definition) is 3. The highest BCUT2D eigenvalue weighted by Gasteiger charge is 2.15. The van der Waals surface area contributed by atoms with Gasteiger partial charge in [-0.05, 0) is 51.3 Å². The third-order valence-corrected chi connectivity index (χ3v) is 3.14. The molecule has 0 aliphatic carbocycles. The molecule has 1 aromatic carbocycles. The van der Waals surface area contributed by atoms with Crippen molar-refractivity contribution in [2.24, 2.45) is 0 Å². The Bertz CT molecular complexity index is 392. The van der Waals surface area contributed by atoms with E-state index in [4.69, 9.17) is 9.47 Å². The Morgan fingerprint density at radius 1 is 1.37 bits per heavy atom. The average molecular weight is 263 g/mol. The van der Waals surface area contributed by atoms with Crippen LogP contribution in [0.15, 0.2) is 24.3 Å². The van der Waals surface area contributed by atoms with Crippen LogP contribution in [0.25, 0.3) is 0 Å². The first-order valence-corrected chi connectivity index (χ1v) is 7.11. The molecule has 1 aliphatic heterocycles. The fourth-order valence-electron chi connectivity index (χ4n) is 2.09. The fraction of sp³-hybridized carbons (Fsp3) is 0.625. The van der Waals surface area contributed by atoms with Gasteiger partial charge >= 0.3 is 0 Å². The van der Waals surface area contributed by atoms with Crippen LogP contribution in [0.1, 0.15) is 39.2 Å². The Balaban J connectivity index is 1.90. The summed E-state index contributed by atoms with van der Waals surface area (Å²) in [7, 11) is 0. The summed E-state index contributed by atoms with van der Waals surface area (Å²) in [6, 6.07) is 8.32. The molecule has 2 rings (SSSR count). The number of nitrogens with one attached hydrogen (secondary N) is 1. The van der Waals surface area contributed by atoms with E-state index in [0.29, 0.717) is 6.61 Å². The van der Waals surface area contributed by atoms with E-state index in [9.17, 15) is 0 Å². The number of ether oxygens (including phenoxy) is 2. The van der Waals surface area contributed by atoms with Crippen molar-refractivity contribution in [2.45, 2.75) is 51.8 Å². The number of hydrogen-bond donors (Lipinski definition) is 1. The second kappa shape index (κ2) is 6.40. The Labute approximate surface area is 116 Å². The quantitative estimate of drug-likeness (QED) is 0.905. The van der Waals surface area contributed by atoms with Gasteiger partial charge in [0.25, 0.3) is 0 Å². The third-order valence-electron chi connectivity index (χ3n) is 3.14. The van der Waals surface area contributed by atoms with Gasteiger partial charge in [-0.1, -0.05) is 12.1 Å². The van der Waals surface area contributed by atoms with Crippen molar-refractivity contribution in [3.63, 3.8) is 0 Å². The molecule has 3 nitrogen and oxygen atoms in total. The minimum atomic E-state index is 0.133. The molecule has 1 saturated heterocycles. The molecular formula is C16H25NO2. The lowest BCUT2D eigenvalue weighted by molar-refractivity contribution is 0.00740. The van der Waals surface area contributed by atoms with Gasteiger partial charge in [-0.3, -0.25) is 0 Å². The van der Waals surface area contributed by atoms with Gasteiger partial charge in [0, 0.05) is 18.7 Å². The summed E-state index contributed by atoms with van der Waals surface area (Å²) < 4.78 is 11.4. The molecule has 1 heterocycles. The first-order valence-electron chi connectivity index (χ1n) is 7.11. The van der Waals surface area contributed by atoms with Crippen molar-refractivity contribution < 1.29 is 9.47 Å².